The van der Waals surface area contributed by atoms with Crippen LogP contribution in [-0.4, -0.2) is 53.0 Å². The predicted molar refractivity (Wildman–Crippen MR) is 64.4 cm³/mol. The number of likely N-dealkylation sites (tertiary alicyclic amines) is 1. The van der Waals surface area contributed by atoms with E-state index in [1.807, 2.05) is 0 Å². The van der Waals surface area contributed by atoms with Gasteiger partial charge in [0.2, 0.25) is 0 Å². The number of hydrogen-bond acceptors (Lipinski definition) is 4. The van der Waals surface area contributed by atoms with Crippen LogP contribution in [0.25, 0.3) is 0 Å². The van der Waals surface area contributed by atoms with Crippen molar-refractivity contribution < 1.29 is 24.2 Å². The molecule has 1 N–H and O–H groups in total. The van der Waals surface area contributed by atoms with Crippen molar-refractivity contribution in [3.8, 4) is 0 Å². The molecule has 1 rings (SSSR count). The Labute approximate surface area is 107 Å². The van der Waals surface area contributed by atoms with Gasteiger partial charge in [-0.05, 0) is 34.1 Å². The maximum Gasteiger partial charge on any atom is 0.411 e. The molecule has 1 fully saturated rings. The van der Waals surface area contributed by atoms with Crippen LogP contribution in [0.15, 0.2) is 0 Å². The molecule has 1 heterocycles. The first-order chi connectivity index (χ1) is 8.13. The second-order valence-corrected chi connectivity index (χ2v) is 5.60. The van der Waals surface area contributed by atoms with Crippen LogP contribution in [0, 0.1) is 0 Å². The Morgan fingerprint density at radius 3 is 2.33 bits per heavy atom. The summed E-state index contributed by atoms with van der Waals surface area (Å²) in [5.74, 6) is -1.09. The van der Waals surface area contributed by atoms with E-state index in [0.29, 0.717) is 13.0 Å². The number of nitrogens with zero attached hydrogens (tertiary/aromatic N) is 1. The smallest absolute Gasteiger partial charge is 0.411 e. The van der Waals surface area contributed by atoms with Crippen LogP contribution in [0.1, 0.15) is 34.1 Å². The van der Waals surface area contributed by atoms with Gasteiger partial charge in [0.1, 0.15) is 5.60 Å². The highest BCUT2D eigenvalue weighted by Crippen LogP contribution is 2.33. The highest BCUT2D eigenvalue weighted by atomic mass is 16.6. The average molecular weight is 259 g/mol. The van der Waals surface area contributed by atoms with Crippen molar-refractivity contribution in [2.75, 3.05) is 13.7 Å². The highest BCUT2D eigenvalue weighted by molar-refractivity contribution is 5.85. The molecule has 0 radical (unpaired) electrons. The highest BCUT2D eigenvalue weighted by Gasteiger charge is 2.54. The Kier molecular flexibility index (Phi) is 3.90. The van der Waals surface area contributed by atoms with E-state index in [0.717, 1.165) is 0 Å². The third kappa shape index (κ3) is 2.58. The fourth-order valence-electron chi connectivity index (χ4n) is 2.13. The fraction of sp³-hybridized carbons (Fsp3) is 0.833. The molecule has 0 aromatic carbocycles. The summed E-state index contributed by atoms with van der Waals surface area (Å²) in [6, 6.07) is 0. The van der Waals surface area contributed by atoms with Gasteiger partial charge in [0.25, 0.3) is 0 Å². The minimum absolute atomic E-state index is 0.316. The number of aliphatic carboxylic acids is 1. The van der Waals surface area contributed by atoms with Gasteiger partial charge in [0.15, 0.2) is 5.54 Å². The fourth-order valence-corrected chi connectivity index (χ4v) is 2.13. The molecule has 0 aliphatic carbocycles. The first-order valence-electron chi connectivity index (χ1n) is 5.89. The molecule has 0 spiro atoms. The molecular weight excluding hydrogens is 238 g/mol. The van der Waals surface area contributed by atoms with Gasteiger partial charge in [-0.2, -0.15) is 0 Å². The normalized spacial score (nSPS) is 28.3. The monoisotopic (exact) mass is 259 g/mol. The molecule has 6 nitrogen and oxygen atoms in total. The Bertz CT molecular complexity index is 349. The number of amides is 1. The first kappa shape index (κ1) is 14.8. The molecule has 1 aliphatic heterocycles. The van der Waals surface area contributed by atoms with E-state index in [-0.39, 0.29) is 0 Å². The zero-order valence-corrected chi connectivity index (χ0v) is 11.5. The molecule has 0 aromatic rings. The molecule has 1 aliphatic rings. The summed E-state index contributed by atoms with van der Waals surface area (Å²) in [5.41, 5.74) is -2.03. The van der Waals surface area contributed by atoms with Gasteiger partial charge in [-0.25, -0.2) is 9.59 Å². The summed E-state index contributed by atoms with van der Waals surface area (Å²) in [6.07, 6.45) is -0.659. The summed E-state index contributed by atoms with van der Waals surface area (Å²) < 4.78 is 10.4. The zero-order valence-electron chi connectivity index (χ0n) is 11.5. The number of hydrogen-bond donors (Lipinski definition) is 1. The summed E-state index contributed by atoms with van der Waals surface area (Å²) in [7, 11) is 1.45. The van der Waals surface area contributed by atoms with Gasteiger partial charge in [0.05, 0.1) is 6.10 Å². The van der Waals surface area contributed by atoms with Gasteiger partial charge < -0.3 is 14.6 Å². The van der Waals surface area contributed by atoms with Crippen molar-refractivity contribution in [2.45, 2.75) is 51.4 Å². The Balaban J connectivity index is 2.95. The van der Waals surface area contributed by atoms with Crippen LogP contribution in [-0.2, 0) is 14.3 Å². The molecular formula is C12H21NO5. The summed E-state index contributed by atoms with van der Waals surface area (Å²) in [6.45, 7) is 7.03. The largest absolute Gasteiger partial charge is 0.479 e. The third-order valence-electron chi connectivity index (χ3n) is 3.13. The van der Waals surface area contributed by atoms with Crippen LogP contribution in [0.4, 0.5) is 4.79 Å². The van der Waals surface area contributed by atoms with Crippen LogP contribution >= 0.6 is 0 Å². The van der Waals surface area contributed by atoms with E-state index >= 15 is 0 Å². The molecule has 1 saturated heterocycles. The topological polar surface area (TPSA) is 76.1 Å². The van der Waals surface area contributed by atoms with Crippen LogP contribution in [0.5, 0.6) is 0 Å². The molecule has 2 atom stereocenters. The number of rotatable bonds is 2. The lowest BCUT2D eigenvalue weighted by Gasteiger charge is -2.35. The van der Waals surface area contributed by atoms with E-state index in [1.165, 1.54) is 18.9 Å². The van der Waals surface area contributed by atoms with Gasteiger partial charge in [0, 0.05) is 13.7 Å². The Morgan fingerprint density at radius 1 is 1.39 bits per heavy atom. The van der Waals surface area contributed by atoms with Crippen molar-refractivity contribution in [2.24, 2.45) is 0 Å². The predicted octanol–water partition coefficient (Wildman–Crippen LogP) is 1.49. The van der Waals surface area contributed by atoms with Crippen LogP contribution in [0.3, 0.4) is 0 Å². The van der Waals surface area contributed by atoms with E-state index in [2.05, 4.69) is 0 Å². The van der Waals surface area contributed by atoms with Crippen molar-refractivity contribution in [3.05, 3.63) is 0 Å². The van der Waals surface area contributed by atoms with E-state index < -0.39 is 29.3 Å². The molecule has 104 valence electrons. The van der Waals surface area contributed by atoms with Crippen LogP contribution < -0.4 is 0 Å². The van der Waals surface area contributed by atoms with E-state index in [9.17, 15) is 14.7 Å². The first-order valence-corrected chi connectivity index (χ1v) is 5.89. The lowest BCUT2D eigenvalue weighted by molar-refractivity contribution is -0.154. The van der Waals surface area contributed by atoms with Gasteiger partial charge in [-0.3, -0.25) is 4.90 Å². The quantitative estimate of drug-likeness (QED) is 0.813. The molecule has 0 saturated carbocycles. The van der Waals surface area contributed by atoms with Crippen molar-refractivity contribution in [1.82, 2.24) is 4.90 Å². The van der Waals surface area contributed by atoms with Crippen molar-refractivity contribution in [1.29, 1.82) is 0 Å². The van der Waals surface area contributed by atoms with Gasteiger partial charge in [-0.15, -0.1) is 0 Å². The second-order valence-electron chi connectivity index (χ2n) is 5.60. The second kappa shape index (κ2) is 4.76. The lowest BCUT2D eigenvalue weighted by Crippen LogP contribution is -2.57. The molecule has 1 amide bonds. The van der Waals surface area contributed by atoms with Crippen molar-refractivity contribution in [3.63, 3.8) is 0 Å². The molecule has 0 bridgehead atoms. The molecule has 6 heteroatoms. The minimum atomic E-state index is -1.38. The lowest BCUT2D eigenvalue weighted by atomic mass is 9.96. The third-order valence-corrected chi connectivity index (χ3v) is 3.13. The number of carboxylic acids is 1. The summed E-state index contributed by atoms with van der Waals surface area (Å²) in [4.78, 5) is 24.7. The standard InChI is InChI=1S/C12H21NO5/c1-11(2,3)18-10(16)13-7-6-8(17-5)12(13,4)9(14)15/h8H,6-7H2,1-5H3,(H,14,15). The van der Waals surface area contributed by atoms with Gasteiger partial charge in [-0.1, -0.05) is 0 Å². The maximum atomic E-state index is 12.0. The number of carbonyl (C=O) groups excluding carboxylic acids is 1. The number of ether oxygens (including phenoxy) is 2. The van der Waals surface area contributed by atoms with Crippen molar-refractivity contribution >= 4 is 12.1 Å². The SMILES string of the molecule is COC1CCN(C(=O)OC(C)(C)C)C1(C)C(=O)O. The summed E-state index contributed by atoms with van der Waals surface area (Å²) >= 11 is 0. The molecule has 0 aromatic heterocycles. The summed E-state index contributed by atoms with van der Waals surface area (Å²) in [5, 5.41) is 9.36. The average Bonchev–Trinajstić information content (AvgIpc) is 2.54. The van der Waals surface area contributed by atoms with Crippen LogP contribution in [0.2, 0.25) is 0 Å². The van der Waals surface area contributed by atoms with Gasteiger partial charge >= 0.3 is 12.1 Å². The Morgan fingerprint density at radius 2 is 1.94 bits per heavy atom. The zero-order chi connectivity index (χ0) is 14.1. The van der Waals surface area contributed by atoms with E-state index in [4.69, 9.17) is 9.47 Å². The Hall–Kier alpha value is -1.30. The minimum Gasteiger partial charge on any atom is -0.479 e. The number of methoxy groups -OCH3 is 1. The number of carboxylic acid groups (broad SMARTS) is 1. The number of carbonyl (C=O) groups is 2. The maximum absolute atomic E-state index is 12.0. The molecule has 18 heavy (non-hydrogen) atoms. The van der Waals surface area contributed by atoms with E-state index in [1.54, 1.807) is 20.8 Å². The molecule has 2 unspecified atom stereocenters.